The Labute approximate surface area is 323 Å². The third kappa shape index (κ3) is 38.9. The first-order valence-electron chi connectivity index (χ1n) is 22.2. The number of hydrogen-bond donors (Lipinski definition) is 1. The van der Waals surface area contributed by atoms with Crippen LogP contribution in [0.4, 0.5) is 0 Å². The summed E-state index contributed by atoms with van der Waals surface area (Å²) in [6.45, 7) is 5.68. The van der Waals surface area contributed by atoms with Gasteiger partial charge in [0.15, 0.2) is 6.10 Å². The molecule has 0 spiro atoms. The number of carbonyl (C=O) groups is 2. The van der Waals surface area contributed by atoms with Crippen molar-refractivity contribution in [3.8, 4) is 0 Å². The predicted molar refractivity (Wildman–Crippen MR) is 220 cm³/mol. The lowest BCUT2D eigenvalue weighted by Crippen LogP contribution is -2.29. The van der Waals surface area contributed by atoms with E-state index in [4.69, 9.17) is 23.0 Å². The Morgan fingerprint density at radius 2 is 0.865 bits per heavy atom. The fourth-order valence-corrected chi connectivity index (χ4v) is 7.22. The summed E-state index contributed by atoms with van der Waals surface area (Å²) >= 11 is 0. The van der Waals surface area contributed by atoms with E-state index in [0.29, 0.717) is 26.0 Å². The molecule has 0 aromatic rings. The normalized spacial score (nSPS) is 12.6. The summed E-state index contributed by atoms with van der Waals surface area (Å²) in [4.78, 5) is 25.2. The minimum absolute atomic E-state index is 0.0222. The van der Waals surface area contributed by atoms with E-state index in [9.17, 15) is 9.59 Å². The first kappa shape index (κ1) is 51.2. The molecule has 0 bridgehead atoms. The van der Waals surface area contributed by atoms with Gasteiger partial charge < -0.3 is 28.4 Å². The van der Waals surface area contributed by atoms with Crippen LogP contribution in [0.25, 0.3) is 0 Å². The molecule has 0 aromatic carbocycles. The monoisotopic (exact) mass is 760 g/mol. The van der Waals surface area contributed by atoms with Crippen molar-refractivity contribution in [3.63, 3.8) is 0 Å². The highest BCUT2D eigenvalue weighted by molar-refractivity contribution is 7.41. The van der Waals surface area contributed by atoms with E-state index >= 15 is 0 Å². The molecule has 9 heteroatoms. The number of carbonyl (C=O) groups excluding carboxylic acids is 2. The second-order valence-electron chi connectivity index (χ2n) is 14.8. The fourth-order valence-electron chi connectivity index (χ4n) is 6.41. The molecule has 2 atom stereocenters. The van der Waals surface area contributed by atoms with Gasteiger partial charge in [-0.2, -0.15) is 0 Å². The van der Waals surface area contributed by atoms with Gasteiger partial charge in [-0.3, -0.25) is 9.59 Å². The summed E-state index contributed by atoms with van der Waals surface area (Å²) < 4.78 is 28.0. The lowest BCUT2D eigenvalue weighted by molar-refractivity contribution is -0.161. The van der Waals surface area contributed by atoms with Crippen LogP contribution in [0.1, 0.15) is 219 Å². The molecule has 0 aromatic heterocycles. The van der Waals surface area contributed by atoms with E-state index < -0.39 is 14.7 Å². The van der Waals surface area contributed by atoms with Gasteiger partial charge in [0.1, 0.15) is 6.61 Å². The number of ether oxygens (including phenoxy) is 2. The van der Waals surface area contributed by atoms with Gasteiger partial charge in [0, 0.05) is 26.5 Å². The van der Waals surface area contributed by atoms with Gasteiger partial charge in [-0.1, -0.05) is 194 Å². The van der Waals surface area contributed by atoms with Gasteiger partial charge in [-0.25, -0.2) is 0 Å². The van der Waals surface area contributed by atoms with Crippen molar-refractivity contribution in [2.75, 3.05) is 40.5 Å². The van der Waals surface area contributed by atoms with E-state index in [1.54, 1.807) is 0 Å². The highest BCUT2D eigenvalue weighted by Gasteiger charge is 2.21. The summed E-state index contributed by atoms with van der Waals surface area (Å²) in [5.41, 5.74) is 0. The lowest BCUT2D eigenvalue weighted by atomic mass is 10.0. The van der Waals surface area contributed by atoms with Crippen molar-refractivity contribution in [2.24, 2.45) is 0 Å². The Hall–Kier alpha value is -0.790. The molecule has 0 heterocycles. The van der Waals surface area contributed by atoms with E-state index in [1.165, 1.54) is 161 Å². The topological polar surface area (TPSA) is 92.3 Å². The molecule has 0 amide bonds. The van der Waals surface area contributed by atoms with Gasteiger partial charge in [-0.05, 0) is 19.9 Å². The Kier molecular flexibility index (Phi) is 42.3. The van der Waals surface area contributed by atoms with Crippen LogP contribution in [0.3, 0.4) is 0 Å². The number of likely N-dealkylation sites (N-methyl/N-ethyl adjacent to an activating group) is 1. The second-order valence-corrected chi connectivity index (χ2v) is 16.2. The Balaban J connectivity index is 4.15. The fraction of sp³-hybridized carbons (Fsp3) is 0.953. The smallest absolute Gasteiger partial charge is 0.332 e. The molecule has 2 unspecified atom stereocenters. The van der Waals surface area contributed by atoms with Crippen LogP contribution in [0.15, 0.2) is 0 Å². The number of nitrogens with one attached hydrogen (secondary N) is 1. The van der Waals surface area contributed by atoms with Gasteiger partial charge in [0.05, 0.1) is 13.2 Å². The molecular weight excluding hydrogens is 673 g/mol. The summed E-state index contributed by atoms with van der Waals surface area (Å²) in [6.07, 6.45) is 38.6. The van der Waals surface area contributed by atoms with Crippen molar-refractivity contribution in [3.05, 3.63) is 0 Å². The van der Waals surface area contributed by atoms with Crippen molar-refractivity contribution in [2.45, 2.75) is 225 Å². The van der Waals surface area contributed by atoms with E-state index in [2.05, 4.69) is 19.2 Å². The number of unbranched alkanes of at least 4 members (excludes halogenated alkanes) is 28. The molecule has 1 N–H and O–H groups in total. The third-order valence-corrected chi connectivity index (χ3v) is 10.8. The Morgan fingerprint density at radius 1 is 0.500 bits per heavy atom. The zero-order chi connectivity index (χ0) is 38.0. The predicted octanol–water partition coefficient (Wildman–Crippen LogP) is 13.1. The van der Waals surface area contributed by atoms with Crippen LogP contribution >= 0.6 is 8.60 Å². The molecule has 0 aliphatic heterocycles. The Bertz CT molecular complexity index is 744. The zero-order valence-corrected chi connectivity index (χ0v) is 35.7. The van der Waals surface area contributed by atoms with Gasteiger partial charge >= 0.3 is 20.5 Å². The van der Waals surface area contributed by atoms with E-state index in [0.717, 1.165) is 38.5 Å². The molecule has 8 nitrogen and oxygen atoms in total. The highest BCUT2D eigenvalue weighted by Crippen LogP contribution is 2.38. The van der Waals surface area contributed by atoms with Crippen LogP contribution in [0.5, 0.6) is 0 Å². The molecule has 0 saturated heterocycles. The molecule has 310 valence electrons. The van der Waals surface area contributed by atoms with Crippen molar-refractivity contribution >= 4 is 20.5 Å². The van der Waals surface area contributed by atoms with E-state index in [-0.39, 0.29) is 25.2 Å². The van der Waals surface area contributed by atoms with E-state index in [1.807, 2.05) is 7.05 Å². The summed E-state index contributed by atoms with van der Waals surface area (Å²) in [5, 5.41) is 3.02. The molecule has 0 aliphatic rings. The number of esters is 2. The van der Waals surface area contributed by atoms with Crippen LogP contribution in [-0.4, -0.2) is 58.6 Å². The third-order valence-electron chi connectivity index (χ3n) is 9.76. The average molecular weight is 760 g/mol. The largest absolute Gasteiger partial charge is 0.462 e. The maximum Gasteiger partial charge on any atom is 0.332 e. The molecule has 0 rings (SSSR count). The van der Waals surface area contributed by atoms with Crippen LogP contribution in [0, 0.1) is 0 Å². The number of rotatable bonds is 43. The molecule has 0 fully saturated rings. The van der Waals surface area contributed by atoms with Crippen molar-refractivity contribution in [1.82, 2.24) is 5.32 Å². The van der Waals surface area contributed by atoms with Crippen LogP contribution < -0.4 is 5.32 Å². The van der Waals surface area contributed by atoms with Crippen molar-refractivity contribution < 1.29 is 32.6 Å². The minimum atomic E-state index is -1.58. The van der Waals surface area contributed by atoms with Gasteiger partial charge in [0.25, 0.3) is 0 Å². The quantitative estimate of drug-likeness (QED) is 0.0373. The molecular formula is C43H86NO7P. The SMILES string of the molecule is CCCCCCCCCCCCCCCCCC(=O)OCC(COP(OC)OCCNC)OC(=O)CCCCCCCCCCCCCCCCC. The first-order chi connectivity index (χ1) is 25.6. The van der Waals surface area contributed by atoms with Crippen LogP contribution in [-0.2, 0) is 32.6 Å². The second kappa shape index (κ2) is 42.9. The maximum absolute atomic E-state index is 12.7. The standard InChI is InChI=1S/C43H86NO7P/c1-5-7-9-11-13-15-17-19-21-23-25-27-29-31-33-35-42(45)48-39-41(40-50-52(47-4)49-38-37-44-3)51-43(46)36-34-32-30-28-26-24-22-20-18-16-14-12-10-8-6-2/h41,44H,5-40H2,1-4H3. The molecule has 0 radical (unpaired) electrons. The minimum Gasteiger partial charge on any atom is -0.462 e. The first-order valence-corrected chi connectivity index (χ1v) is 23.3. The maximum atomic E-state index is 12.7. The lowest BCUT2D eigenvalue weighted by Gasteiger charge is -2.21. The summed E-state index contributed by atoms with van der Waals surface area (Å²) in [5.74, 6) is -0.531. The number of hydrogen-bond acceptors (Lipinski definition) is 8. The average Bonchev–Trinajstić information content (AvgIpc) is 3.15. The molecule has 0 aliphatic carbocycles. The molecule has 0 saturated carbocycles. The highest BCUT2D eigenvalue weighted by atomic mass is 31.2. The van der Waals surface area contributed by atoms with Gasteiger partial charge in [-0.15, -0.1) is 0 Å². The zero-order valence-electron chi connectivity index (χ0n) is 34.8. The summed E-state index contributed by atoms with van der Waals surface area (Å²) in [6, 6.07) is 0. The Morgan fingerprint density at radius 3 is 1.23 bits per heavy atom. The van der Waals surface area contributed by atoms with Gasteiger partial charge in [0.2, 0.25) is 0 Å². The molecule has 52 heavy (non-hydrogen) atoms. The van der Waals surface area contributed by atoms with Crippen LogP contribution in [0.2, 0.25) is 0 Å². The summed E-state index contributed by atoms with van der Waals surface area (Å²) in [7, 11) is 1.80. The van der Waals surface area contributed by atoms with Crippen molar-refractivity contribution in [1.29, 1.82) is 0 Å².